The van der Waals surface area contributed by atoms with E-state index in [0.29, 0.717) is 36.9 Å². The maximum atomic E-state index is 12.0. The predicted molar refractivity (Wildman–Crippen MR) is 78.3 cm³/mol. The highest BCUT2D eigenvalue weighted by atomic mass is 35.5. The molecule has 1 aromatic heterocycles. The zero-order chi connectivity index (χ0) is 15.2. The highest BCUT2D eigenvalue weighted by Crippen LogP contribution is 2.15. The number of carbonyl (C=O) groups excluding carboxylic acids is 2. The van der Waals surface area contributed by atoms with E-state index in [1.165, 1.54) is 6.20 Å². The minimum Gasteiger partial charge on any atom is -0.378 e. The summed E-state index contributed by atoms with van der Waals surface area (Å²) < 4.78 is 5.19. The van der Waals surface area contributed by atoms with Gasteiger partial charge in [-0.2, -0.15) is 0 Å². The van der Waals surface area contributed by atoms with Crippen LogP contribution in [0.2, 0.25) is 5.02 Å². The number of halogens is 1. The highest BCUT2D eigenvalue weighted by Gasteiger charge is 2.17. The molecule has 1 aliphatic heterocycles. The Morgan fingerprint density at radius 2 is 2.14 bits per heavy atom. The van der Waals surface area contributed by atoms with Crippen molar-refractivity contribution in [2.45, 2.75) is 13.3 Å². The van der Waals surface area contributed by atoms with E-state index >= 15 is 0 Å². The quantitative estimate of drug-likeness (QED) is 0.901. The number of pyridine rings is 1. The minimum absolute atomic E-state index is 0.0201. The molecule has 0 spiro atoms. The van der Waals surface area contributed by atoms with Gasteiger partial charge in [-0.05, 0) is 13.0 Å². The van der Waals surface area contributed by atoms with Gasteiger partial charge in [-0.3, -0.25) is 14.6 Å². The van der Waals surface area contributed by atoms with Gasteiger partial charge in [-0.15, -0.1) is 0 Å². The van der Waals surface area contributed by atoms with E-state index in [1.807, 2.05) is 0 Å². The van der Waals surface area contributed by atoms with Crippen molar-refractivity contribution < 1.29 is 14.3 Å². The maximum Gasteiger partial charge on any atom is 0.254 e. The molecule has 1 N–H and O–H groups in total. The molecule has 1 aromatic rings. The van der Waals surface area contributed by atoms with Crippen molar-refractivity contribution in [2.24, 2.45) is 0 Å². The number of nitrogens with one attached hydrogen (secondary N) is 1. The molecule has 2 heterocycles. The Balaban J connectivity index is 1.79. The van der Waals surface area contributed by atoms with Crippen molar-refractivity contribution in [3.05, 3.63) is 28.5 Å². The van der Waals surface area contributed by atoms with Crippen molar-refractivity contribution in [3.8, 4) is 0 Å². The van der Waals surface area contributed by atoms with Gasteiger partial charge in [0, 0.05) is 37.9 Å². The number of ether oxygens (including phenoxy) is 1. The second kappa shape index (κ2) is 7.38. The number of hydrogen-bond acceptors (Lipinski definition) is 4. The summed E-state index contributed by atoms with van der Waals surface area (Å²) >= 11 is 6.00. The average molecular weight is 312 g/mol. The molecule has 0 radical (unpaired) electrons. The standard InChI is InChI=1S/C14H18ClN3O3/c1-10-8-12(15)11(9-17-10)14(20)16-3-2-13(19)18-4-6-21-7-5-18/h8-9H,2-7H2,1H3,(H,16,20). The molecule has 1 saturated heterocycles. The van der Waals surface area contributed by atoms with Crippen molar-refractivity contribution in [1.82, 2.24) is 15.2 Å². The van der Waals surface area contributed by atoms with Crippen molar-refractivity contribution in [1.29, 1.82) is 0 Å². The third-order valence-electron chi connectivity index (χ3n) is 3.22. The molecule has 1 fully saturated rings. The minimum atomic E-state index is -0.317. The number of aryl methyl sites for hydroxylation is 1. The SMILES string of the molecule is Cc1cc(Cl)c(C(=O)NCCC(=O)N2CCOCC2)cn1. The van der Waals surface area contributed by atoms with Crippen LogP contribution in [0.1, 0.15) is 22.5 Å². The van der Waals surface area contributed by atoms with E-state index in [0.717, 1.165) is 5.69 Å². The first-order chi connectivity index (χ1) is 10.1. The number of aromatic nitrogens is 1. The lowest BCUT2D eigenvalue weighted by molar-refractivity contribution is -0.135. The van der Waals surface area contributed by atoms with Crippen LogP contribution in [0.3, 0.4) is 0 Å². The Bertz CT molecular complexity index is 530. The highest BCUT2D eigenvalue weighted by molar-refractivity contribution is 6.33. The van der Waals surface area contributed by atoms with Crippen LogP contribution in [0, 0.1) is 6.92 Å². The Kier molecular flexibility index (Phi) is 5.52. The smallest absolute Gasteiger partial charge is 0.254 e. The molecule has 0 atom stereocenters. The van der Waals surface area contributed by atoms with Gasteiger partial charge in [0.1, 0.15) is 0 Å². The molecule has 21 heavy (non-hydrogen) atoms. The molecule has 0 aromatic carbocycles. The first-order valence-corrected chi connectivity index (χ1v) is 7.21. The molecule has 6 nitrogen and oxygen atoms in total. The average Bonchev–Trinajstić information content (AvgIpc) is 2.47. The third kappa shape index (κ3) is 4.41. The molecule has 7 heteroatoms. The van der Waals surface area contributed by atoms with Crippen LogP contribution in [0.4, 0.5) is 0 Å². The van der Waals surface area contributed by atoms with E-state index in [2.05, 4.69) is 10.3 Å². The Hall–Kier alpha value is -1.66. The number of morpholine rings is 1. The van der Waals surface area contributed by atoms with Crippen LogP contribution in [0.15, 0.2) is 12.3 Å². The second-order valence-electron chi connectivity index (χ2n) is 4.80. The lowest BCUT2D eigenvalue weighted by atomic mass is 10.2. The molecule has 114 valence electrons. The third-order valence-corrected chi connectivity index (χ3v) is 3.54. The fraction of sp³-hybridized carbons (Fsp3) is 0.500. The number of amides is 2. The topological polar surface area (TPSA) is 71.5 Å². The number of rotatable bonds is 4. The van der Waals surface area contributed by atoms with Gasteiger partial charge in [0.15, 0.2) is 0 Å². The van der Waals surface area contributed by atoms with Gasteiger partial charge < -0.3 is 15.0 Å². The lowest BCUT2D eigenvalue weighted by Gasteiger charge is -2.26. The molecule has 1 aliphatic rings. The van der Waals surface area contributed by atoms with E-state index in [9.17, 15) is 9.59 Å². The van der Waals surface area contributed by atoms with Crippen LogP contribution in [-0.2, 0) is 9.53 Å². The first-order valence-electron chi connectivity index (χ1n) is 6.84. The van der Waals surface area contributed by atoms with Crippen molar-refractivity contribution >= 4 is 23.4 Å². The Labute approximate surface area is 128 Å². The molecule has 0 saturated carbocycles. The van der Waals surface area contributed by atoms with Gasteiger partial charge in [0.25, 0.3) is 5.91 Å². The Morgan fingerprint density at radius 3 is 2.81 bits per heavy atom. The summed E-state index contributed by atoms with van der Waals surface area (Å²) in [6.07, 6.45) is 1.71. The van der Waals surface area contributed by atoms with E-state index in [1.54, 1.807) is 17.9 Å². The summed E-state index contributed by atoms with van der Waals surface area (Å²) in [6.45, 7) is 4.44. The zero-order valence-corrected chi connectivity index (χ0v) is 12.7. The summed E-state index contributed by atoms with van der Waals surface area (Å²) in [7, 11) is 0. The fourth-order valence-corrected chi connectivity index (χ4v) is 2.34. The van der Waals surface area contributed by atoms with Crippen LogP contribution in [0.25, 0.3) is 0 Å². The molecule has 0 unspecified atom stereocenters. The summed E-state index contributed by atoms with van der Waals surface area (Å²) in [4.78, 5) is 29.7. The van der Waals surface area contributed by atoms with E-state index < -0.39 is 0 Å². The van der Waals surface area contributed by atoms with Gasteiger partial charge in [-0.25, -0.2) is 0 Å². The number of carbonyl (C=O) groups is 2. The monoisotopic (exact) mass is 311 g/mol. The van der Waals surface area contributed by atoms with Crippen LogP contribution in [-0.4, -0.2) is 54.5 Å². The molecule has 0 aliphatic carbocycles. The van der Waals surface area contributed by atoms with Gasteiger partial charge in [0.2, 0.25) is 5.91 Å². The molecule has 2 rings (SSSR count). The van der Waals surface area contributed by atoms with Gasteiger partial charge >= 0.3 is 0 Å². The molecule has 2 amide bonds. The number of hydrogen-bond donors (Lipinski definition) is 1. The number of nitrogens with zero attached hydrogens (tertiary/aromatic N) is 2. The molecule has 0 bridgehead atoms. The van der Waals surface area contributed by atoms with Crippen molar-refractivity contribution in [2.75, 3.05) is 32.8 Å². The summed E-state index contributed by atoms with van der Waals surface area (Å²) in [6, 6.07) is 1.63. The normalized spacial score (nSPS) is 14.9. The van der Waals surface area contributed by atoms with Crippen LogP contribution in [0.5, 0.6) is 0 Å². The maximum absolute atomic E-state index is 12.0. The van der Waals surface area contributed by atoms with E-state index in [4.69, 9.17) is 16.3 Å². The summed E-state index contributed by atoms with van der Waals surface area (Å²) in [5.41, 5.74) is 1.07. The Morgan fingerprint density at radius 1 is 1.43 bits per heavy atom. The van der Waals surface area contributed by atoms with Gasteiger partial charge in [0.05, 0.1) is 23.8 Å². The second-order valence-corrected chi connectivity index (χ2v) is 5.21. The van der Waals surface area contributed by atoms with Crippen LogP contribution < -0.4 is 5.32 Å². The fourth-order valence-electron chi connectivity index (χ4n) is 2.04. The van der Waals surface area contributed by atoms with E-state index in [-0.39, 0.29) is 24.8 Å². The molecular formula is C14H18ClN3O3. The summed E-state index contributed by atoms with van der Waals surface area (Å²) in [5.74, 6) is -0.297. The molecular weight excluding hydrogens is 294 g/mol. The van der Waals surface area contributed by atoms with Crippen LogP contribution >= 0.6 is 11.6 Å². The first kappa shape index (κ1) is 15.7. The largest absolute Gasteiger partial charge is 0.378 e. The van der Waals surface area contributed by atoms with Crippen molar-refractivity contribution in [3.63, 3.8) is 0 Å². The predicted octanol–water partition coefficient (Wildman–Crippen LogP) is 1.02. The lowest BCUT2D eigenvalue weighted by Crippen LogP contribution is -2.42. The van der Waals surface area contributed by atoms with Gasteiger partial charge in [-0.1, -0.05) is 11.6 Å². The summed E-state index contributed by atoms with van der Waals surface area (Å²) in [5, 5.41) is 3.05. The zero-order valence-electron chi connectivity index (χ0n) is 11.9.